The van der Waals surface area contributed by atoms with Gasteiger partial charge in [0.2, 0.25) is 5.29 Å². The third-order valence-corrected chi connectivity index (χ3v) is 0.545. The molecule has 7 heavy (non-hydrogen) atoms. The highest BCUT2D eigenvalue weighted by Crippen LogP contribution is 1.84. The van der Waals surface area contributed by atoms with E-state index in [0.29, 0.717) is 0 Å². The van der Waals surface area contributed by atoms with Crippen molar-refractivity contribution in [2.45, 2.75) is 0 Å². The van der Waals surface area contributed by atoms with Crippen LogP contribution >= 0.6 is 11.6 Å². The largest absolute Gasteiger partial charge is 0.235 e. The first kappa shape index (κ1) is 6.37. The topological polar surface area (TPSA) is 24.7 Å². The van der Waals surface area contributed by atoms with Crippen LogP contribution in [-0.4, -0.2) is 12.0 Å². The number of hydrogen-bond acceptors (Lipinski definition) is 1. The fraction of sp³-hybridized carbons (Fsp3) is 0. The summed E-state index contributed by atoms with van der Waals surface area (Å²) in [5, 5.41) is 0.120. The molecule has 0 aliphatic rings. The Morgan fingerprint density at radius 2 is 2.29 bits per heavy atom. The number of nitrogens with zero attached hydrogens (tertiary/aromatic N) is 2. The van der Waals surface area contributed by atoms with Crippen LogP contribution in [0.15, 0.2) is 22.8 Å². The SMILES string of the molecule is C=C/N=C(/Cl)N=C. The van der Waals surface area contributed by atoms with Gasteiger partial charge in [0.15, 0.2) is 0 Å². The van der Waals surface area contributed by atoms with Crippen LogP contribution in [0.1, 0.15) is 0 Å². The summed E-state index contributed by atoms with van der Waals surface area (Å²) < 4.78 is 0. The monoisotopic (exact) mass is 116 g/mol. The summed E-state index contributed by atoms with van der Waals surface area (Å²) in [5.41, 5.74) is 0. The van der Waals surface area contributed by atoms with E-state index in [4.69, 9.17) is 11.6 Å². The molecular formula is C4H5ClN2. The van der Waals surface area contributed by atoms with Gasteiger partial charge in [-0.2, -0.15) is 0 Å². The van der Waals surface area contributed by atoms with Gasteiger partial charge in [0.1, 0.15) is 0 Å². The Kier molecular flexibility index (Phi) is 3.24. The summed E-state index contributed by atoms with van der Waals surface area (Å²) >= 11 is 5.21. The number of rotatable bonds is 1. The number of aliphatic imine (C=N–C) groups is 2. The van der Waals surface area contributed by atoms with Crippen molar-refractivity contribution in [2.75, 3.05) is 0 Å². The predicted octanol–water partition coefficient (Wildman–Crippen LogP) is 1.43. The fourth-order valence-corrected chi connectivity index (χ4v) is 0.185. The molecule has 0 aliphatic carbocycles. The Morgan fingerprint density at radius 3 is 2.43 bits per heavy atom. The lowest BCUT2D eigenvalue weighted by atomic mass is 11.0. The number of amidine groups is 1. The van der Waals surface area contributed by atoms with E-state index in [1.807, 2.05) is 0 Å². The molecule has 0 fully saturated rings. The summed E-state index contributed by atoms with van der Waals surface area (Å²) in [6.45, 7) is 6.41. The predicted molar refractivity (Wildman–Crippen MR) is 33.0 cm³/mol. The average molecular weight is 117 g/mol. The van der Waals surface area contributed by atoms with Crippen molar-refractivity contribution in [2.24, 2.45) is 9.98 Å². The van der Waals surface area contributed by atoms with Crippen LogP contribution in [0.4, 0.5) is 0 Å². The molecule has 0 radical (unpaired) electrons. The van der Waals surface area contributed by atoms with Crippen molar-refractivity contribution in [3.63, 3.8) is 0 Å². The molecule has 0 spiro atoms. The molecule has 0 N–H and O–H groups in total. The van der Waals surface area contributed by atoms with Crippen LogP contribution < -0.4 is 0 Å². The normalized spacial score (nSPS) is 10.7. The second kappa shape index (κ2) is 3.56. The molecule has 3 heteroatoms. The molecule has 0 aliphatic heterocycles. The van der Waals surface area contributed by atoms with E-state index in [9.17, 15) is 0 Å². The van der Waals surface area contributed by atoms with Gasteiger partial charge in [-0.3, -0.25) is 0 Å². The van der Waals surface area contributed by atoms with Gasteiger partial charge in [-0.25, -0.2) is 9.98 Å². The maximum atomic E-state index is 5.21. The van der Waals surface area contributed by atoms with Gasteiger partial charge >= 0.3 is 0 Å². The minimum absolute atomic E-state index is 0.120. The minimum Gasteiger partial charge on any atom is -0.235 e. The van der Waals surface area contributed by atoms with E-state index in [0.717, 1.165) is 0 Å². The zero-order valence-electron chi connectivity index (χ0n) is 3.76. The lowest BCUT2D eigenvalue weighted by molar-refractivity contribution is 1.56. The Hall–Kier alpha value is -0.630. The molecule has 0 rings (SSSR count). The number of halogens is 1. The van der Waals surface area contributed by atoms with Gasteiger partial charge in [0.05, 0.1) is 0 Å². The number of hydrogen-bond donors (Lipinski definition) is 0. The molecule has 0 heterocycles. The molecule has 0 atom stereocenters. The van der Waals surface area contributed by atoms with Gasteiger partial charge in [0.25, 0.3) is 0 Å². The van der Waals surface area contributed by atoms with Crippen LogP contribution in [-0.2, 0) is 0 Å². The second-order valence-corrected chi connectivity index (χ2v) is 1.08. The third-order valence-electron chi connectivity index (χ3n) is 0.328. The van der Waals surface area contributed by atoms with Gasteiger partial charge in [-0.05, 0) is 18.3 Å². The molecule has 0 saturated carbocycles. The zero-order valence-corrected chi connectivity index (χ0v) is 4.52. The molecule has 38 valence electrons. The third kappa shape index (κ3) is 3.19. The molecule has 0 bridgehead atoms. The van der Waals surface area contributed by atoms with E-state index in [2.05, 4.69) is 23.3 Å². The van der Waals surface area contributed by atoms with Crippen molar-refractivity contribution < 1.29 is 0 Å². The van der Waals surface area contributed by atoms with Gasteiger partial charge in [-0.1, -0.05) is 6.58 Å². The summed E-state index contributed by atoms with van der Waals surface area (Å²) in [6.07, 6.45) is 1.30. The standard InChI is InChI=1S/C4H5ClN2/c1-3-7-4(5)6-2/h3H,1-2H2/b7-4-. The Balaban J connectivity index is 3.72. The first-order valence-corrected chi connectivity index (χ1v) is 2.00. The minimum atomic E-state index is 0.120. The van der Waals surface area contributed by atoms with E-state index in [1.54, 1.807) is 0 Å². The molecule has 2 nitrogen and oxygen atoms in total. The fourth-order valence-electron chi connectivity index (χ4n) is 0.116. The molecule has 0 aromatic carbocycles. The highest BCUT2D eigenvalue weighted by molar-refractivity contribution is 6.65. The van der Waals surface area contributed by atoms with E-state index >= 15 is 0 Å². The Bertz CT molecular complexity index is 106. The smallest absolute Gasteiger partial charge is 0.221 e. The van der Waals surface area contributed by atoms with Crippen LogP contribution in [0.25, 0.3) is 0 Å². The second-order valence-electron chi connectivity index (χ2n) is 0.739. The average Bonchev–Trinajstić information content (AvgIpc) is 1.68. The van der Waals surface area contributed by atoms with E-state index in [1.165, 1.54) is 6.20 Å². The molecule has 0 aromatic heterocycles. The maximum Gasteiger partial charge on any atom is 0.221 e. The first-order chi connectivity index (χ1) is 3.31. The summed E-state index contributed by atoms with van der Waals surface area (Å²) in [6, 6.07) is 0. The highest BCUT2D eigenvalue weighted by Gasteiger charge is 1.76. The van der Waals surface area contributed by atoms with E-state index in [-0.39, 0.29) is 5.29 Å². The van der Waals surface area contributed by atoms with E-state index < -0.39 is 0 Å². The summed E-state index contributed by atoms with van der Waals surface area (Å²) in [4.78, 5) is 6.73. The first-order valence-electron chi connectivity index (χ1n) is 1.62. The van der Waals surface area contributed by atoms with Crippen LogP contribution in [0.2, 0.25) is 0 Å². The maximum absolute atomic E-state index is 5.21. The molecule has 0 saturated heterocycles. The summed E-state index contributed by atoms with van der Waals surface area (Å²) in [5.74, 6) is 0. The molecule has 0 amide bonds. The molecule has 0 unspecified atom stereocenters. The van der Waals surface area contributed by atoms with Gasteiger partial charge in [0, 0.05) is 6.20 Å². The summed E-state index contributed by atoms with van der Waals surface area (Å²) in [7, 11) is 0. The Morgan fingerprint density at radius 1 is 1.71 bits per heavy atom. The highest BCUT2D eigenvalue weighted by atomic mass is 35.5. The Labute approximate surface area is 47.2 Å². The molecule has 0 aromatic rings. The molecular weight excluding hydrogens is 112 g/mol. The van der Waals surface area contributed by atoms with Crippen molar-refractivity contribution in [1.29, 1.82) is 0 Å². The van der Waals surface area contributed by atoms with Crippen molar-refractivity contribution in [3.8, 4) is 0 Å². The van der Waals surface area contributed by atoms with Crippen LogP contribution in [0.3, 0.4) is 0 Å². The van der Waals surface area contributed by atoms with Crippen LogP contribution in [0.5, 0.6) is 0 Å². The van der Waals surface area contributed by atoms with Gasteiger partial charge < -0.3 is 0 Å². The van der Waals surface area contributed by atoms with Crippen molar-refractivity contribution in [3.05, 3.63) is 12.8 Å². The zero-order chi connectivity index (χ0) is 5.70. The van der Waals surface area contributed by atoms with Crippen molar-refractivity contribution >= 4 is 23.6 Å². The van der Waals surface area contributed by atoms with Crippen molar-refractivity contribution in [1.82, 2.24) is 0 Å². The lowest BCUT2D eigenvalue weighted by Crippen LogP contribution is -1.72. The lowest BCUT2D eigenvalue weighted by Gasteiger charge is -1.76. The quantitative estimate of drug-likeness (QED) is 0.281. The van der Waals surface area contributed by atoms with Crippen LogP contribution in [0, 0.1) is 0 Å². The van der Waals surface area contributed by atoms with Gasteiger partial charge in [-0.15, -0.1) is 0 Å².